The fourth-order valence-corrected chi connectivity index (χ4v) is 8.58. The van der Waals surface area contributed by atoms with Gasteiger partial charge in [0.15, 0.2) is 0 Å². The van der Waals surface area contributed by atoms with Gasteiger partial charge >= 0.3 is 5.97 Å². The molecule has 286 valence electrons. The molecule has 1 aliphatic rings. The lowest BCUT2D eigenvalue weighted by molar-refractivity contribution is -0.136. The van der Waals surface area contributed by atoms with E-state index in [9.17, 15) is 9.90 Å². The second kappa shape index (κ2) is 15.0. The number of carbonyl (C=O) groups excluding carboxylic acids is 1. The zero-order chi connectivity index (χ0) is 39.5. The smallest absolute Gasteiger partial charge is 0.307 e. The molecule has 0 aliphatic carbocycles. The lowest BCUT2D eigenvalue weighted by Crippen LogP contribution is -2.42. The van der Waals surface area contributed by atoms with Gasteiger partial charge in [-0.3, -0.25) is 9.59 Å². The van der Waals surface area contributed by atoms with E-state index < -0.39 is 5.97 Å². The normalized spacial score (nSPS) is 14.4. The van der Waals surface area contributed by atoms with Crippen LogP contribution in [0.25, 0.3) is 32.9 Å². The van der Waals surface area contributed by atoms with Crippen LogP contribution in [-0.2, 0) is 31.2 Å². The van der Waals surface area contributed by atoms with Gasteiger partial charge in [-0.05, 0) is 114 Å². The monoisotopic (exact) mass is 780 g/mol. The van der Waals surface area contributed by atoms with Crippen molar-refractivity contribution in [2.75, 3.05) is 32.1 Å². The molecule has 0 spiro atoms. The number of benzene rings is 3. The number of nitrogens with zero attached hydrogens (tertiary/aromatic N) is 6. The summed E-state index contributed by atoms with van der Waals surface area (Å²) in [5.41, 5.74) is 10.0. The molecule has 3 aromatic carbocycles. The predicted octanol–water partition coefficient (Wildman–Crippen LogP) is 9.05. The van der Waals surface area contributed by atoms with E-state index in [0.29, 0.717) is 48.8 Å². The van der Waals surface area contributed by atoms with Gasteiger partial charge in [0.1, 0.15) is 17.3 Å². The van der Waals surface area contributed by atoms with Crippen molar-refractivity contribution in [2.45, 2.75) is 66.5 Å². The zero-order valence-corrected chi connectivity index (χ0v) is 34.1. The van der Waals surface area contributed by atoms with Crippen LogP contribution < -0.4 is 9.64 Å². The number of carbonyl (C=O) groups is 2. The van der Waals surface area contributed by atoms with Gasteiger partial charge in [0.25, 0.3) is 5.91 Å². The summed E-state index contributed by atoms with van der Waals surface area (Å²) in [4.78, 5) is 40.5. The van der Waals surface area contributed by atoms with Crippen LogP contribution in [0.1, 0.15) is 69.3 Å². The first-order valence-corrected chi connectivity index (χ1v) is 19.3. The van der Waals surface area contributed by atoms with Crippen molar-refractivity contribution < 1.29 is 19.4 Å². The van der Waals surface area contributed by atoms with E-state index in [-0.39, 0.29) is 18.4 Å². The van der Waals surface area contributed by atoms with Gasteiger partial charge in [-0.1, -0.05) is 35.3 Å². The maximum absolute atomic E-state index is 15.1. The number of anilines is 1. The molecule has 12 heteroatoms. The number of hydrogen-bond acceptors (Lipinski definition) is 6. The third kappa shape index (κ3) is 7.07. The van der Waals surface area contributed by atoms with E-state index in [2.05, 4.69) is 11.5 Å². The highest BCUT2D eigenvalue weighted by molar-refractivity contribution is 6.35. The number of hydrogen-bond donors (Lipinski definition) is 1. The van der Waals surface area contributed by atoms with Gasteiger partial charge in [0, 0.05) is 69.7 Å². The van der Waals surface area contributed by atoms with Crippen molar-refractivity contribution in [3.8, 4) is 16.9 Å². The molecule has 7 rings (SSSR count). The molecule has 55 heavy (non-hydrogen) atoms. The Bertz CT molecular complexity index is 2470. The van der Waals surface area contributed by atoms with Gasteiger partial charge < -0.3 is 28.8 Å². The van der Waals surface area contributed by atoms with Crippen molar-refractivity contribution in [1.82, 2.24) is 24.0 Å². The molecule has 1 amide bonds. The number of carboxylic acid groups (broad SMARTS) is 1. The molecule has 0 fully saturated rings. The average molecular weight is 782 g/mol. The number of amides is 1. The third-order valence-corrected chi connectivity index (χ3v) is 11.4. The number of aryl methyl sites for hydroxylation is 6. The first kappa shape index (κ1) is 38.4. The van der Waals surface area contributed by atoms with Gasteiger partial charge in [0.05, 0.1) is 35.8 Å². The molecular formula is C43H46Cl2N6O4. The summed E-state index contributed by atoms with van der Waals surface area (Å²) in [5.74, 6) is 0.460. The summed E-state index contributed by atoms with van der Waals surface area (Å²) in [6.45, 7) is 11.5. The molecule has 10 nitrogen and oxygen atoms in total. The Hall–Kier alpha value is -4.90. The van der Waals surface area contributed by atoms with Gasteiger partial charge in [-0.15, -0.1) is 0 Å². The highest BCUT2D eigenvalue weighted by Crippen LogP contribution is 2.45. The van der Waals surface area contributed by atoms with E-state index in [1.54, 1.807) is 0 Å². The standard InChI is InChI=1S/C43H46Cl2N6O4/c1-23-16-29(17-24(2)40(23)45)55-15-9-10-30-31-12-13-33(44)39(38-26(4)46-36(22-48(6)7)47-27(38)5)41(31)51-25(3)20-50(43(54)42(30)51)35-21-49(8)34-14-11-28(18-32(34)35)19-37(52)53/h11-14,16-18,21,25H,9-10,15,19-20,22H2,1-8H3,(H,52,53)/t25-/m1/s1. The van der Waals surface area contributed by atoms with Crippen molar-refractivity contribution >= 4 is 62.6 Å². The molecule has 0 unspecified atom stereocenters. The first-order chi connectivity index (χ1) is 26.1. The average Bonchev–Trinajstić information content (AvgIpc) is 3.61. The maximum Gasteiger partial charge on any atom is 0.307 e. The highest BCUT2D eigenvalue weighted by atomic mass is 35.5. The molecule has 4 heterocycles. The fourth-order valence-electron chi connectivity index (χ4n) is 8.22. The lowest BCUT2D eigenvalue weighted by Gasteiger charge is -2.34. The number of halogens is 2. The Morgan fingerprint density at radius 3 is 2.33 bits per heavy atom. The quantitative estimate of drug-likeness (QED) is 0.131. The number of carboxylic acids is 1. The SMILES string of the molecule is Cc1cc(OCCCc2c3n(c4c(-c5c(C)nc(CN(C)C)nc5C)c(Cl)ccc24)[C@H](C)CN(c2cn(C)c4ccc(CC(=O)O)cc24)C3=O)cc(C)c1Cl. The van der Waals surface area contributed by atoms with Crippen LogP contribution in [0.5, 0.6) is 5.75 Å². The Morgan fingerprint density at radius 1 is 0.982 bits per heavy atom. The molecule has 0 radical (unpaired) electrons. The second-order valence-electron chi connectivity index (χ2n) is 15.1. The summed E-state index contributed by atoms with van der Waals surface area (Å²) in [6, 6.07) is 13.3. The molecule has 1 N–H and O–H groups in total. The van der Waals surface area contributed by atoms with Crippen molar-refractivity contribution in [2.24, 2.45) is 7.05 Å². The minimum atomic E-state index is -0.906. The van der Waals surface area contributed by atoms with Crippen LogP contribution in [0.2, 0.25) is 10.0 Å². The predicted molar refractivity (Wildman–Crippen MR) is 220 cm³/mol. The van der Waals surface area contributed by atoms with Gasteiger partial charge in [0.2, 0.25) is 0 Å². The van der Waals surface area contributed by atoms with E-state index in [1.165, 1.54) is 0 Å². The van der Waals surface area contributed by atoms with Crippen LogP contribution in [0.4, 0.5) is 5.69 Å². The number of aromatic nitrogens is 4. The molecule has 3 aromatic heterocycles. The number of aliphatic carboxylic acids is 1. The molecule has 1 atom stereocenters. The third-order valence-electron chi connectivity index (χ3n) is 10.5. The molecule has 6 aromatic rings. The van der Waals surface area contributed by atoms with Crippen LogP contribution in [-0.4, -0.2) is 68.2 Å². The van der Waals surface area contributed by atoms with E-state index in [0.717, 1.165) is 83.3 Å². The highest BCUT2D eigenvalue weighted by Gasteiger charge is 2.37. The summed E-state index contributed by atoms with van der Waals surface area (Å²) in [6.07, 6.45) is 3.09. The molecule has 1 aliphatic heterocycles. The van der Waals surface area contributed by atoms with Crippen molar-refractivity contribution in [3.63, 3.8) is 0 Å². The van der Waals surface area contributed by atoms with Gasteiger partial charge in [-0.2, -0.15) is 0 Å². The van der Waals surface area contributed by atoms with E-state index in [4.69, 9.17) is 37.9 Å². The lowest BCUT2D eigenvalue weighted by atomic mass is 9.97. The molecule has 0 saturated heterocycles. The number of fused-ring (bicyclic) bond motifs is 4. The largest absolute Gasteiger partial charge is 0.494 e. The summed E-state index contributed by atoms with van der Waals surface area (Å²) in [5, 5.41) is 12.6. The first-order valence-electron chi connectivity index (χ1n) is 18.5. The fraction of sp³-hybridized carbons (Fsp3) is 0.349. The second-order valence-corrected chi connectivity index (χ2v) is 15.9. The van der Waals surface area contributed by atoms with E-state index >= 15 is 4.79 Å². The van der Waals surface area contributed by atoms with Crippen molar-refractivity contribution in [3.05, 3.63) is 104 Å². The Morgan fingerprint density at radius 2 is 1.67 bits per heavy atom. The minimum absolute atomic E-state index is 0.105. The number of ether oxygens (including phenoxy) is 1. The van der Waals surface area contributed by atoms with Crippen LogP contribution >= 0.6 is 23.2 Å². The van der Waals surface area contributed by atoms with Crippen molar-refractivity contribution in [1.29, 1.82) is 0 Å². The maximum atomic E-state index is 15.1. The molecule has 0 bridgehead atoms. The molecular weight excluding hydrogens is 735 g/mol. The Kier molecular flexibility index (Phi) is 10.4. The zero-order valence-electron chi connectivity index (χ0n) is 32.5. The number of rotatable bonds is 11. The Balaban J connectivity index is 1.38. The topological polar surface area (TPSA) is 106 Å². The van der Waals surface area contributed by atoms with E-state index in [1.807, 2.05) is 112 Å². The van der Waals surface area contributed by atoms with Crippen LogP contribution in [0.3, 0.4) is 0 Å². The van der Waals surface area contributed by atoms with Gasteiger partial charge in [-0.25, -0.2) is 9.97 Å². The van der Waals surface area contributed by atoms with Crippen LogP contribution in [0, 0.1) is 27.7 Å². The summed E-state index contributed by atoms with van der Waals surface area (Å²) < 4.78 is 10.4. The minimum Gasteiger partial charge on any atom is -0.494 e. The summed E-state index contributed by atoms with van der Waals surface area (Å²) in [7, 11) is 5.92. The molecule has 0 saturated carbocycles. The Labute approximate surface area is 331 Å². The summed E-state index contributed by atoms with van der Waals surface area (Å²) >= 11 is 13.6. The van der Waals surface area contributed by atoms with Crippen LogP contribution in [0.15, 0.2) is 48.7 Å².